The molecule has 3 N–H and O–H groups in total. The van der Waals surface area contributed by atoms with Gasteiger partial charge in [-0.05, 0) is 37.0 Å². The Morgan fingerprint density at radius 1 is 1.56 bits per heavy atom. The molecule has 1 aliphatic rings. The van der Waals surface area contributed by atoms with Gasteiger partial charge in [0.1, 0.15) is 5.75 Å². The highest BCUT2D eigenvalue weighted by molar-refractivity contribution is 5.35. The van der Waals surface area contributed by atoms with Crippen LogP contribution in [0.15, 0.2) is 24.3 Å². The van der Waals surface area contributed by atoms with Crippen LogP contribution >= 0.6 is 0 Å². The van der Waals surface area contributed by atoms with Gasteiger partial charge in [-0.2, -0.15) is 0 Å². The molecule has 1 fully saturated rings. The van der Waals surface area contributed by atoms with E-state index in [1.807, 2.05) is 18.2 Å². The second kappa shape index (κ2) is 4.44. The van der Waals surface area contributed by atoms with Gasteiger partial charge in [0.25, 0.3) is 0 Å². The lowest BCUT2D eigenvalue weighted by Crippen LogP contribution is -2.33. The van der Waals surface area contributed by atoms with E-state index >= 15 is 0 Å². The third kappa shape index (κ3) is 1.93. The summed E-state index contributed by atoms with van der Waals surface area (Å²) < 4.78 is 5.23. The standard InChI is InChI=1S/C13H19NO2/c1-16-12-4-2-3-10(7-12)13(9-14)6-5-11(15)8-13/h2-4,7,11,15H,5-6,8-9,14H2,1H3. The molecule has 0 bridgehead atoms. The first-order valence-electron chi connectivity index (χ1n) is 5.73. The first-order valence-corrected chi connectivity index (χ1v) is 5.73. The summed E-state index contributed by atoms with van der Waals surface area (Å²) in [6.45, 7) is 0.581. The molecular weight excluding hydrogens is 202 g/mol. The number of hydrogen-bond donors (Lipinski definition) is 2. The molecule has 2 unspecified atom stereocenters. The number of aliphatic hydroxyl groups excluding tert-OH is 1. The van der Waals surface area contributed by atoms with Gasteiger partial charge in [0.15, 0.2) is 0 Å². The van der Waals surface area contributed by atoms with Crippen molar-refractivity contribution in [1.82, 2.24) is 0 Å². The van der Waals surface area contributed by atoms with Gasteiger partial charge in [-0.25, -0.2) is 0 Å². The molecule has 1 aromatic rings. The van der Waals surface area contributed by atoms with Gasteiger partial charge < -0.3 is 15.6 Å². The summed E-state index contributed by atoms with van der Waals surface area (Å²) in [4.78, 5) is 0. The van der Waals surface area contributed by atoms with Crippen molar-refractivity contribution in [2.45, 2.75) is 30.8 Å². The van der Waals surface area contributed by atoms with Crippen molar-refractivity contribution in [2.24, 2.45) is 5.73 Å². The molecule has 0 aliphatic heterocycles. The predicted molar refractivity (Wildman–Crippen MR) is 63.6 cm³/mol. The van der Waals surface area contributed by atoms with E-state index < -0.39 is 0 Å². The zero-order valence-corrected chi connectivity index (χ0v) is 9.65. The molecule has 2 rings (SSSR count). The first kappa shape index (κ1) is 11.4. The van der Waals surface area contributed by atoms with Crippen LogP contribution in [0.1, 0.15) is 24.8 Å². The summed E-state index contributed by atoms with van der Waals surface area (Å²) in [6.07, 6.45) is 2.35. The molecule has 16 heavy (non-hydrogen) atoms. The van der Waals surface area contributed by atoms with E-state index in [-0.39, 0.29) is 11.5 Å². The quantitative estimate of drug-likeness (QED) is 0.812. The molecule has 3 nitrogen and oxygen atoms in total. The lowest BCUT2D eigenvalue weighted by atomic mass is 9.79. The summed E-state index contributed by atoms with van der Waals surface area (Å²) in [7, 11) is 1.66. The second-order valence-corrected chi connectivity index (χ2v) is 4.61. The molecule has 3 heteroatoms. The van der Waals surface area contributed by atoms with Crippen molar-refractivity contribution >= 4 is 0 Å². The molecule has 0 spiro atoms. The van der Waals surface area contributed by atoms with Crippen LogP contribution < -0.4 is 10.5 Å². The van der Waals surface area contributed by atoms with E-state index in [9.17, 15) is 5.11 Å². The fourth-order valence-corrected chi connectivity index (χ4v) is 2.62. The van der Waals surface area contributed by atoms with Crippen molar-refractivity contribution < 1.29 is 9.84 Å². The summed E-state index contributed by atoms with van der Waals surface area (Å²) in [5, 5.41) is 9.70. The van der Waals surface area contributed by atoms with Gasteiger partial charge in [-0.15, -0.1) is 0 Å². The Morgan fingerprint density at radius 2 is 2.38 bits per heavy atom. The number of aliphatic hydroxyl groups is 1. The highest BCUT2D eigenvalue weighted by atomic mass is 16.5. The molecular formula is C13H19NO2. The summed E-state index contributed by atoms with van der Waals surface area (Å²) in [5.74, 6) is 0.853. The second-order valence-electron chi connectivity index (χ2n) is 4.61. The summed E-state index contributed by atoms with van der Waals surface area (Å²) in [5.41, 5.74) is 7.03. The predicted octanol–water partition coefficient (Wildman–Crippen LogP) is 1.44. The van der Waals surface area contributed by atoms with Crippen molar-refractivity contribution in [3.63, 3.8) is 0 Å². The Kier molecular flexibility index (Phi) is 3.17. The third-order valence-electron chi connectivity index (χ3n) is 3.66. The number of nitrogens with two attached hydrogens (primary N) is 1. The van der Waals surface area contributed by atoms with Gasteiger partial charge in [0, 0.05) is 12.0 Å². The van der Waals surface area contributed by atoms with Crippen LogP contribution in [0.5, 0.6) is 5.75 Å². The summed E-state index contributed by atoms with van der Waals surface area (Å²) in [6, 6.07) is 8.02. The molecule has 1 saturated carbocycles. The first-order chi connectivity index (χ1) is 7.70. The van der Waals surface area contributed by atoms with Crippen molar-refractivity contribution in [1.29, 1.82) is 0 Å². The van der Waals surface area contributed by atoms with E-state index in [1.54, 1.807) is 7.11 Å². The zero-order valence-electron chi connectivity index (χ0n) is 9.65. The van der Waals surface area contributed by atoms with Gasteiger partial charge in [0.2, 0.25) is 0 Å². The van der Waals surface area contributed by atoms with Crippen molar-refractivity contribution in [3.8, 4) is 5.75 Å². The third-order valence-corrected chi connectivity index (χ3v) is 3.66. The average molecular weight is 221 g/mol. The maximum Gasteiger partial charge on any atom is 0.119 e. The molecule has 1 aliphatic carbocycles. The lowest BCUT2D eigenvalue weighted by molar-refractivity contribution is 0.174. The van der Waals surface area contributed by atoms with Gasteiger partial charge in [-0.1, -0.05) is 12.1 Å². The highest BCUT2D eigenvalue weighted by Gasteiger charge is 2.38. The lowest BCUT2D eigenvalue weighted by Gasteiger charge is -2.28. The molecule has 2 atom stereocenters. The van der Waals surface area contributed by atoms with Gasteiger partial charge in [0.05, 0.1) is 13.2 Å². The van der Waals surface area contributed by atoms with E-state index in [1.165, 1.54) is 5.56 Å². The van der Waals surface area contributed by atoms with E-state index in [0.717, 1.165) is 25.0 Å². The van der Waals surface area contributed by atoms with Crippen LogP contribution in [0.2, 0.25) is 0 Å². The largest absolute Gasteiger partial charge is 0.497 e. The molecule has 88 valence electrons. The van der Waals surface area contributed by atoms with E-state index in [2.05, 4.69) is 6.07 Å². The van der Waals surface area contributed by atoms with Crippen LogP contribution in [0.3, 0.4) is 0 Å². The fourth-order valence-electron chi connectivity index (χ4n) is 2.62. The Morgan fingerprint density at radius 3 is 2.94 bits per heavy atom. The van der Waals surface area contributed by atoms with Gasteiger partial charge >= 0.3 is 0 Å². The Bertz CT molecular complexity index is 367. The highest BCUT2D eigenvalue weighted by Crippen LogP contribution is 2.41. The fraction of sp³-hybridized carbons (Fsp3) is 0.538. The monoisotopic (exact) mass is 221 g/mol. The van der Waals surface area contributed by atoms with Crippen LogP contribution in [0.25, 0.3) is 0 Å². The molecule has 0 saturated heterocycles. The van der Waals surface area contributed by atoms with Crippen molar-refractivity contribution in [2.75, 3.05) is 13.7 Å². The maximum absolute atomic E-state index is 9.70. The molecule has 0 amide bonds. The molecule has 1 aromatic carbocycles. The SMILES string of the molecule is COc1cccc(C2(CN)CCC(O)C2)c1. The Hall–Kier alpha value is -1.06. The number of ether oxygens (including phenoxy) is 1. The molecule has 0 aromatic heterocycles. The molecule has 0 heterocycles. The zero-order chi connectivity index (χ0) is 11.6. The summed E-state index contributed by atoms with van der Waals surface area (Å²) >= 11 is 0. The number of hydrogen-bond acceptors (Lipinski definition) is 3. The van der Waals surface area contributed by atoms with E-state index in [0.29, 0.717) is 6.54 Å². The average Bonchev–Trinajstić information content (AvgIpc) is 2.72. The topological polar surface area (TPSA) is 55.5 Å². The Labute approximate surface area is 96.2 Å². The van der Waals surface area contributed by atoms with Gasteiger partial charge in [-0.3, -0.25) is 0 Å². The number of rotatable bonds is 3. The van der Waals surface area contributed by atoms with Crippen LogP contribution in [-0.4, -0.2) is 24.9 Å². The minimum atomic E-state index is -0.213. The van der Waals surface area contributed by atoms with Crippen LogP contribution in [0.4, 0.5) is 0 Å². The molecule has 0 radical (unpaired) electrons. The smallest absolute Gasteiger partial charge is 0.119 e. The number of methoxy groups -OCH3 is 1. The normalized spacial score (nSPS) is 29.3. The Balaban J connectivity index is 2.33. The van der Waals surface area contributed by atoms with E-state index in [4.69, 9.17) is 10.5 Å². The van der Waals surface area contributed by atoms with Crippen molar-refractivity contribution in [3.05, 3.63) is 29.8 Å². The maximum atomic E-state index is 9.70. The number of benzene rings is 1. The minimum absolute atomic E-state index is 0.0616. The van der Waals surface area contributed by atoms with Crippen LogP contribution in [0, 0.1) is 0 Å². The minimum Gasteiger partial charge on any atom is -0.497 e. The van der Waals surface area contributed by atoms with Crippen LogP contribution in [-0.2, 0) is 5.41 Å².